The van der Waals surface area contributed by atoms with E-state index in [4.69, 9.17) is 33.7 Å². The van der Waals surface area contributed by atoms with Gasteiger partial charge in [0.15, 0.2) is 0 Å². The van der Waals surface area contributed by atoms with Gasteiger partial charge in [-0.3, -0.25) is 4.79 Å². The Morgan fingerprint density at radius 1 is 1.13 bits per heavy atom. The third-order valence-electron chi connectivity index (χ3n) is 5.62. The molecule has 1 saturated carbocycles. The summed E-state index contributed by atoms with van der Waals surface area (Å²) in [5.41, 5.74) is 6.83. The largest absolute Gasteiger partial charge is 0.493 e. The summed E-state index contributed by atoms with van der Waals surface area (Å²) < 4.78 is 19.1. The molecule has 0 unspecified atom stereocenters. The van der Waals surface area contributed by atoms with Crippen LogP contribution in [0.4, 0.5) is 15.8 Å². The smallest absolute Gasteiger partial charge is 0.255 e. The molecule has 4 N–H and O–H groups in total. The lowest BCUT2D eigenvalue weighted by Crippen LogP contribution is -2.48. The molecule has 1 fully saturated rings. The van der Waals surface area contributed by atoms with Crippen LogP contribution in [0.2, 0.25) is 10.0 Å². The average molecular weight is 468 g/mol. The number of nitrogen functional groups attached to an aromatic ring is 1. The molecule has 0 spiro atoms. The van der Waals surface area contributed by atoms with Crippen molar-refractivity contribution in [1.82, 2.24) is 5.32 Å². The van der Waals surface area contributed by atoms with E-state index in [2.05, 4.69) is 10.6 Å². The molecule has 0 radical (unpaired) electrons. The summed E-state index contributed by atoms with van der Waals surface area (Å²) in [6.07, 6.45) is 6.05. The number of ether oxygens (including phenoxy) is 1. The van der Waals surface area contributed by atoms with Gasteiger partial charge in [0.1, 0.15) is 11.6 Å². The molecule has 168 valence electrons. The molecule has 0 aliphatic heterocycles. The van der Waals surface area contributed by atoms with Crippen LogP contribution < -0.4 is 21.1 Å². The third kappa shape index (κ3) is 5.95. The van der Waals surface area contributed by atoms with Crippen LogP contribution >= 0.6 is 23.2 Å². The van der Waals surface area contributed by atoms with E-state index < -0.39 is 5.54 Å². The van der Waals surface area contributed by atoms with Crippen molar-refractivity contribution >= 4 is 40.5 Å². The minimum Gasteiger partial charge on any atom is -0.493 e. The SMILES string of the molecule is CCOc1cc(N)c(Cl)cc1C(=O)NCC1(Nc2ccc(F)cc2Cl)CCCCCC1. The van der Waals surface area contributed by atoms with Gasteiger partial charge in [-0.05, 0) is 44.0 Å². The summed E-state index contributed by atoms with van der Waals surface area (Å²) in [4.78, 5) is 13.0. The maximum absolute atomic E-state index is 13.5. The zero-order valence-electron chi connectivity index (χ0n) is 17.6. The van der Waals surface area contributed by atoms with Crippen LogP contribution in [0, 0.1) is 5.82 Å². The molecule has 0 atom stereocenters. The van der Waals surface area contributed by atoms with Crippen molar-refractivity contribution in [2.75, 3.05) is 24.2 Å². The predicted octanol–water partition coefficient (Wildman–Crippen LogP) is 6.05. The van der Waals surface area contributed by atoms with E-state index in [0.29, 0.717) is 45.9 Å². The first-order chi connectivity index (χ1) is 14.8. The van der Waals surface area contributed by atoms with Crippen molar-refractivity contribution < 1.29 is 13.9 Å². The van der Waals surface area contributed by atoms with Crippen LogP contribution in [0.5, 0.6) is 5.75 Å². The Labute approximate surface area is 192 Å². The molecule has 1 aliphatic rings. The lowest BCUT2D eigenvalue weighted by Gasteiger charge is -2.36. The zero-order chi connectivity index (χ0) is 22.4. The molecule has 5 nitrogen and oxygen atoms in total. The van der Waals surface area contributed by atoms with Crippen LogP contribution in [0.1, 0.15) is 55.8 Å². The fourth-order valence-corrected chi connectivity index (χ4v) is 4.37. The molecule has 1 amide bonds. The molecule has 2 aromatic rings. The van der Waals surface area contributed by atoms with Gasteiger partial charge in [0.05, 0.1) is 39.1 Å². The predicted molar refractivity (Wildman–Crippen MR) is 125 cm³/mol. The first kappa shape index (κ1) is 23.5. The summed E-state index contributed by atoms with van der Waals surface area (Å²) in [6.45, 7) is 2.62. The highest BCUT2D eigenvalue weighted by atomic mass is 35.5. The quantitative estimate of drug-likeness (QED) is 0.342. The standard InChI is InChI=1S/C23H28Cl2FN3O2/c1-2-31-21-13-19(27)17(24)12-16(21)22(30)28-14-23(9-5-3-4-6-10-23)29-20-8-7-15(26)11-18(20)25/h7-8,11-13,29H,2-6,9-10,14,27H2,1H3,(H,28,30). The number of anilines is 2. The topological polar surface area (TPSA) is 76.4 Å². The fourth-order valence-electron chi connectivity index (χ4n) is 3.99. The van der Waals surface area contributed by atoms with Gasteiger partial charge < -0.3 is 21.1 Å². The molecule has 0 bridgehead atoms. The van der Waals surface area contributed by atoms with Crippen molar-refractivity contribution in [3.05, 3.63) is 51.8 Å². The second kappa shape index (κ2) is 10.4. The Kier molecular flexibility index (Phi) is 7.89. The monoisotopic (exact) mass is 467 g/mol. The molecular weight excluding hydrogens is 440 g/mol. The van der Waals surface area contributed by atoms with E-state index >= 15 is 0 Å². The van der Waals surface area contributed by atoms with E-state index in [-0.39, 0.29) is 11.7 Å². The number of hydrogen-bond acceptors (Lipinski definition) is 4. The molecule has 31 heavy (non-hydrogen) atoms. The molecule has 0 aromatic heterocycles. The Bertz CT molecular complexity index is 931. The van der Waals surface area contributed by atoms with Gasteiger partial charge in [0, 0.05) is 12.6 Å². The number of nitrogens with two attached hydrogens (primary N) is 1. The lowest BCUT2D eigenvalue weighted by molar-refractivity contribution is 0.0940. The average Bonchev–Trinajstić information content (AvgIpc) is 2.97. The normalized spacial score (nSPS) is 15.7. The van der Waals surface area contributed by atoms with E-state index in [9.17, 15) is 9.18 Å². The van der Waals surface area contributed by atoms with E-state index in [0.717, 1.165) is 38.5 Å². The van der Waals surface area contributed by atoms with Crippen LogP contribution in [0.25, 0.3) is 0 Å². The highest BCUT2D eigenvalue weighted by Crippen LogP contribution is 2.34. The molecule has 3 rings (SSSR count). The number of carbonyl (C=O) groups is 1. The number of rotatable bonds is 7. The number of amides is 1. The van der Waals surface area contributed by atoms with Crippen molar-refractivity contribution in [1.29, 1.82) is 0 Å². The number of halogens is 3. The molecule has 1 aliphatic carbocycles. The third-order valence-corrected chi connectivity index (χ3v) is 6.26. The first-order valence-corrected chi connectivity index (χ1v) is 11.3. The van der Waals surface area contributed by atoms with Crippen LogP contribution in [-0.4, -0.2) is 24.6 Å². The first-order valence-electron chi connectivity index (χ1n) is 10.6. The summed E-state index contributed by atoms with van der Waals surface area (Å²) >= 11 is 12.4. The molecule has 2 aromatic carbocycles. The Hall–Kier alpha value is -2.18. The van der Waals surface area contributed by atoms with Crippen LogP contribution in [-0.2, 0) is 0 Å². The number of nitrogens with one attached hydrogen (secondary N) is 2. The number of benzene rings is 2. The molecule has 0 saturated heterocycles. The Morgan fingerprint density at radius 2 is 1.84 bits per heavy atom. The number of hydrogen-bond donors (Lipinski definition) is 3. The summed E-state index contributed by atoms with van der Waals surface area (Å²) in [6, 6.07) is 7.40. The molecular formula is C23H28Cl2FN3O2. The fraction of sp³-hybridized carbons (Fsp3) is 0.435. The van der Waals surface area contributed by atoms with E-state index in [1.165, 1.54) is 18.2 Å². The van der Waals surface area contributed by atoms with Crippen molar-refractivity contribution in [2.24, 2.45) is 0 Å². The number of carbonyl (C=O) groups excluding carboxylic acids is 1. The van der Waals surface area contributed by atoms with Crippen LogP contribution in [0.3, 0.4) is 0 Å². The minimum absolute atomic E-state index is 0.291. The van der Waals surface area contributed by atoms with Gasteiger partial charge in [0.25, 0.3) is 5.91 Å². The highest BCUT2D eigenvalue weighted by molar-refractivity contribution is 6.33. The Balaban J connectivity index is 1.82. The van der Waals surface area contributed by atoms with Gasteiger partial charge in [-0.25, -0.2) is 4.39 Å². The van der Waals surface area contributed by atoms with E-state index in [1.54, 1.807) is 12.1 Å². The van der Waals surface area contributed by atoms with Gasteiger partial charge in [-0.2, -0.15) is 0 Å². The van der Waals surface area contributed by atoms with Crippen molar-refractivity contribution in [2.45, 2.75) is 51.0 Å². The maximum Gasteiger partial charge on any atom is 0.255 e. The van der Waals surface area contributed by atoms with Crippen molar-refractivity contribution in [3.63, 3.8) is 0 Å². The maximum atomic E-state index is 13.5. The lowest BCUT2D eigenvalue weighted by atomic mass is 9.89. The van der Waals surface area contributed by atoms with Crippen LogP contribution in [0.15, 0.2) is 30.3 Å². The zero-order valence-corrected chi connectivity index (χ0v) is 19.1. The van der Waals surface area contributed by atoms with Gasteiger partial charge >= 0.3 is 0 Å². The van der Waals surface area contributed by atoms with E-state index in [1.807, 2.05) is 6.92 Å². The summed E-state index contributed by atoms with van der Waals surface area (Å²) in [7, 11) is 0. The summed E-state index contributed by atoms with van der Waals surface area (Å²) in [5.74, 6) is -0.283. The van der Waals surface area contributed by atoms with Gasteiger partial charge in [-0.1, -0.05) is 48.9 Å². The van der Waals surface area contributed by atoms with Crippen molar-refractivity contribution in [3.8, 4) is 5.75 Å². The second-order valence-electron chi connectivity index (χ2n) is 7.93. The highest BCUT2D eigenvalue weighted by Gasteiger charge is 2.32. The second-order valence-corrected chi connectivity index (χ2v) is 8.74. The molecule has 0 heterocycles. The Morgan fingerprint density at radius 3 is 2.48 bits per heavy atom. The minimum atomic E-state index is -0.392. The van der Waals surface area contributed by atoms with Gasteiger partial charge in [-0.15, -0.1) is 0 Å². The van der Waals surface area contributed by atoms with Gasteiger partial charge in [0.2, 0.25) is 0 Å². The molecule has 8 heteroatoms. The summed E-state index contributed by atoms with van der Waals surface area (Å²) in [5, 5.41) is 7.16.